The lowest BCUT2D eigenvalue weighted by atomic mass is 9.92. The molecule has 3 heterocycles. The Morgan fingerprint density at radius 2 is 1.89 bits per heavy atom. The molecule has 5 heteroatoms. The summed E-state index contributed by atoms with van der Waals surface area (Å²) in [7, 11) is 0. The van der Waals surface area contributed by atoms with Gasteiger partial charge >= 0.3 is 0 Å². The van der Waals surface area contributed by atoms with E-state index in [1.165, 1.54) is 12.1 Å². The van der Waals surface area contributed by atoms with E-state index in [1.807, 2.05) is 31.3 Å². The van der Waals surface area contributed by atoms with Gasteiger partial charge in [0.15, 0.2) is 0 Å². The van der Waals surface area contributed by atoms with Gasteiger partial charge in [-0.2, -0.15) is 0 Å². The molecule has 0 spiro atoms. The number of nitrogens with zero attached hydrogens (tertiary/aromatic N) is 3. The Balaban J connectivity index is 1.81. The highest BCUT2D eigenvalue weighted by Crippen LogP contribution is 2.31. The van der Waals surface area contributed by atoms with Crippen molar-refractivity contribution in [3.63, 3.8) is 0 Å². The van der Waals surface area contributed by atoms with E-state index in [0.717, 1.165) is 64.6 Å². The topological polar surface area (TPSA) is 46.6 Å². The Morgan fingerprint density at radius 1 is 1.15 bits per heavy atom. The molecule has 3 aromatic rings. The molecule has 2 unspecified atom stereocenters. The van der Waals surface area contributed by atoms with Crippen molar-refractivity contribution in [3.8, 4) is 11.3 Å². The van der Waals surface area contributed by atoms with Gasteiger partial charge in [-0.1, -0.05) is 31.5 Å². The number of aromatic nitrogens is 2. The van der Waals surface area contributed by atoms with E-state index in [1.54, 1.807) is 0 Å². The van der Waals surface area contributed by atoms with Crippen molar-refractivity contribution in [3.05, 3.63) is 52.8 Å². The zero-order valence-electron chi connectivity index (χ0n) is 16.2. The first-order valence-corrected chi connectivity index (χ1v) is 10.0. The van der Waals surface area contributed by atoms with Crippen LogP contribution in [0.3, 0.4) is 0 Å². The maximum Gasteiger partial charge on any atom is 0.137 e. The van der Waals surface area contributed by atoms with Crippen LogP contribution in [0.25, 0.3) is 16.9 Å². The third-order valence-electron chi connectivity index (χ3n) is 5.49. The minimum Gasteiger partial charge on any atom is -0.398 e. The summed E-state index contributed by atoms with van der Waals surface area (Å²) < 4.78 is 2.15. The fourth-order valence-corrected chi connectivity index (χ4v) is 4.53. The van der Waals surface area contributed by atoms with Crippen LogP contribution in [0.2, 0.25) is 5.02 Å². The van der Waals surface area contributed by atoms with Gasteiger partial charge in [0, 0.05) is 42.1 Å². The van der Waals surface area contributed by atoms with Crippen LogP contribution in [0.5, 0.6) is 0 Å². The first kappa shape index (κ1) is 18.3. The summed E-state index contributed by atoms with van der Waals surface area (Å²) in [5.41, 5.74) is 12.1. The first-order chi connectivity index (χ1) is 12.9. The molecule has 1 aliphatic rings. The zero-order valence-corrected chi connectivity index (χ0v) is 17.0. The number of halogens is 1. The summed E-state index contributed by atoms with van der Waals surface area (Å²) in [6.07, 6.45) is 3.29. The SMILES string of the molecule is Cc1cc(-c2nc3ccc(N)cn3c2CN2CC(C)CC(C)C2)ccc1Cl. The quantitative estimate of drug-likeness (QED) is 0.691. The lowest BCUT2D eigenvalue weighted by Crippen LogP contribution is -2.38. The normalized spacial score (nSPS) is 21.0. The molecule has 1 aromatic carbocycles. The van der Waals surface area contributed by atoms with E-state index in [2.05, 4.69) is 35.3 Å². The van der Waals surface area contributed by atoms with Crippen molar-refractivity contribution in [1.29, 1.82) is 0 Å². The number of anilines is 1. The average molecular weight is 383 g/mol. The highest BCUT2D eigenvalue weighted by atomic mass is 35.5. The molecule has 2 N–H and O–H groups in total. The molecule has 142 valence electrons. The Hall–Kier alpha value is -2.04. The predicted octanol–water partition coefficient (Wildman–Crippen LogP) is 5.02. The van der Waals surface area contributed by atoms with Crippen molar-refractivity contribution in [2.45, 2.75) is 33.7 Å². The average Bonchev–Trinajstić information content (AvgIpc) is 2.94. The molecule has 0 bridgehead atoms. The van der Waals surface area contributed by atoms with E-state index in [-0.39, 0.29) is 0 Å². The van der Waals surface area contributed by atoms with Crippen LogP contribution in [0.4, 0.5) is 5.69 Å². The van der Waals surface area contributed by atoms with Crippen molar-refractivity contribution in [2.24, 2.45) is 11.8 Å². The van der Waals surface area contributed by atoms with Gasteiger partial charge in [0.2, 0.25) is 0 Å². The summed E-state index contributed by atoms with van der Waals surface area (Å²) in [6.45, 7) is 9.85. The molecular formula is C22H27ClN4. The van der Waals surface area contributed by atoms with Crippen molar-refractivity contribution >= 4 is 22.9 Å². The number of piperidine rings is 1. The van der Waals surface area contributed by atoms with E-state index < -0.39 is 0 Å². The number of hydrogen-bond acceptors (Lipinski definition) is 3. The van der Waals surface area contributed by atoms with Crippen LogP contribution < -0.4 is 5.73 Å². The third kappa shape index (κ3) is 3.69. The fraction of sp³-hybridized carbons (Fsp3) is 0.409. The monoisotopic (exact) mass is 382 g/mol. The molecular weight excluding hydrogens is 356 g/mol. The Morgan fingerprint density at radius 3 is 2.59 bits per heavy atom. The summed E-state index contributed by atoms with van der Waals surface area (Å²) >= 11 is 6.24. The third-order valence-corrected chi connectivity index (χ3v) is 5.91. The van der Waals surface area contributed by atoms with Gasteiger partial charge in [0.25, 0.3) is 0 Å². The Labute approximate surface area is 166 Å². The molecule has 0 amide bonds. The maximum absolute atomic E-state index is 6.24. The number of aryl methyl sites for hydroxylation is 1. The number of nitrogens with two attached hydrogens (primary N) is 1. The number of benzene rings is 1. The molecule has 2 atom stereocenters. The van der Waals surface area contributed by atoms with Crippen molar-refractivity contribution < 1.29 is 0 Å². The van der Waals surface area contributed by atoms with E-state index in [9.17, 15) is 0 Å². The highest BCUT2D eigenvalue weighted by molar-refractivity contribution is 6.31. The zero-order chi connectivity index (χ0) is 19.1. The van der Waals surface area contributed by atoms with Crippen LogP contribution in [0.1, 0.15) is 31.5 Å². The predicted molar refractivity (Wildman–Crippen MR) is 113 cm³/mol. The second kappa shape index (κ2) is 7.17. The number of fused-ring (bicyclic) bond motifs is 1. The number of hydrogen-bond donors (Lipinski definition) is 1. The summed E-state index contributed by atoms with van der Waals surface area (Å²) in [5, 5.41) is 0.784. The largest absolute Gasteiger partial charge is 0.398 e. The van der Waals surface area contributed by atoms with E-state index in [0.29, 0.717) is 0 Å². The fourth-order valence-electron chi connectivity index (χ4n) is 4.42. The van der Waals surface area contributed by atoms with E-state index in [4.69, 9.17) is 22.3 Å². The van der Waals surface area contributed by atoms with Crippen molar-refractivity contribution in [2.75, 3.05) is 18.8 Å². The Kier molecular flexibility index (Phi) is 4.87. The molecule has 2 aromatic heterocycles. The number of imidazole rings is 1. The number of rotatable bonds is 3. The number of nitrogen functional groups attached to an aromatic ring is 1. The van der Waals surface area contributed by atoms with Gasteiger partial charge in [-0.15, -0.1) is 0 Å². The lowest BCUT2D eigenvalue weighted by Gasteiger charge is -2.35. The van der Waals surface area contributed by atoms with Crippen LogP contribution in [0, 0.1) is 18.8 Å². The van der Waals surface area contributed by atoms with Crippen LogP contribution >= 0.6 is 11.6 Å². The molecule has 0 saturated carbocycles. The molecule has 1 aliphatic heterocycles. The second-order valence-corrected chi connectivity index (χ2v) is 8.61. The second-order valence-electron chi connectivity index (χ2n) is 8.20. The smallest absolute Gasteiger partial charge is 0.137 e. The van der Waals surface area contributed by atoms with Crippen LogP contribution in [-0.4, -0.2) is 27.4 Å². The van der Waals surface area contributed by atoms with Crippen LogP contribution in [0.15, 0.2) is 36.5 Å². The Bertz CT molecular complexity index is 968. The summed E-state index contributed by atoms with van der Waals surface area (Å²) in [5.74, 6) is 1.44. The van der Waals surface area contributed by atoms with Gasteiger partial charge in [-0.05, 0) is 55.0 Å². The summed E-state index contributed by atoms with van der Waals surface area (Å²) in [4.78, 5) is 7.49. The lowest BCUT2D eigenvalue weighted by molar-refractivity contribution is 0.133. The maximum atomic E-state index is 6.24. The minimum atomic E-state index is 0.722. The highest BCUT2D eigenvalue weighted by Gasteiger charge is 2.24. The molecule has 0 aliphatic carbocycles. The van der Waals surface area contributed by atoms with Gasteiger partial charge in [0.1, 0.15) is 5.65 Å². The molecule has 4 nitrogen and oxygen atoms in total. The first-order valence-electron chi connectivity index (χ1n) is 9.66. The minimum absolute atomic E-state index is 0.722. The molecule has 0 radical (unpaired) electrons. The molecule has 4 rings (SSSR count). The molecule has 1 saturated heterocycles. The molecule has 27 heavy (non-hydrogen) atoms. The van der Waals surface area contributed by atoms with Gasteiger partial charge in [-0.25, -0.2) is 4.98 Å². The standard InChI is InChI=1S/C22H27ClN4/c1-14-8-15(2)11-26(10-14)13-20-22(17-4-6-19(23)16(3)9-17)25-21-7-5-18(24)12-27(20)21/h4-7,9,12,14-15H,8,10-11,13,24H2,1-3H3. The molecule has 1 fully saturated rings. The number of likely N-dealkylation sites (tertiary alicyclic amines) is 1. The van der Waals surface area contributed by atoms with Gasteiger partial charge in [0.05, 0.1) is 11.4 Å². The van der Waals surface area contributed by atoms with Crippen LogP contribution in [-0.2, 0) is 6.54 Å². The number of pyridine rings is 1. The van der Waals surface area contributed by atoms with Gasteiger partial charge < -0.3 is 10.1 Å². The van der Waals surface area contributed by atoms with E-state index >= 15 is 0 Å². The van der Waals surface area contributed by atoms with Crippen molar-refractivity contribution in [1.82, 2.24) is 14.3 Å². The summed E-state index contributed by atoms with van der Waals surface area (Å²) in [6, 6.07) is 10.0. The van der Waals surface area contributed by atoms with Gasteiger partial charge in [-0.3, -0.25) is 4.90 Å².